The molecule has 1 fully saturated rings. The molecule has 0 bridgehead atoms. The summed E-state index contributed by atoms with van der Waals surface area (Å²) in [5, 5.41) is 18.1. The van der Waals surface area contributed by atoms with Gasteiger partial charge in [0, 0.05) is 37.3 Å². The lowest BCUT2D eigenvalue weighted by molar-refractivity contribution is -0.138. The zero-order valence-corrected chi connectivity index (χ0v) is 24.3. The minimum atomic E-state index is -4.81. The summed E-state index contributed by atoms with van der Waals surface area (Å²) in [5.74, 6) is -1.32. The number of rotatable bonds is 10. The van der Waals surface area contributed by atoms with Crippen LogP contribution < -0.4 is 4.90 Å². The van der Waals surface area contributed by atoms with Crippen LogP contribution in [0.15, 0.2) is 58.5 Å². The van der Waals surface area contributed by atoms with Gasteiger partial charge in [-0.05, 0) is 69.1 Å². The van der Waals surface area contributed by atoms with E-state index in [2.05, 4.69) is 4.90 Å². The minimum absolute atomic E-state index is 0.110. The number of unbranched alkanes of at least 4 members (excludes halogenated alkanes) is 3. The van der Waals surface area contributed by atoms with E-state index in [-0.39, 0.29) is 21.7 Å². The van der Waals surface area contributed by atoms with Crippen LogP contribution in [0.4, 0.5) is 18.9 Å². The van der Waals surface area contributed by atoms with Gasteiger partial charge in [0.1, 0.15) is 0 Å². The van der Waals surface area contributed by atoms with Crippen molar-refractivity contribution in [2.24, 2.45) is 0 Å². The Hall–Kier alpha value is -4.04. The highest BCUT2D eigenvalue weighted by Crippen LogP contribution is 2.37. The Morgan fingerprint density at radius 3 is 2.23 bits per heavy atom. The lowest BCUT2D eigenvalue weighted by atomic mass is 10.0. The number of alkyl halides is 3. The Morgan fingerprint density at radius 2 is 1.58 bits per heavy atom. The number of hydrogen-bond acceptors (Lipinski definition) is 7. The molecule has 0 atom stereocenters. The maximum atomic E-state index is 13.4. The molecule has 9 nitrogen and oxygen atoms in total. The molecule has 0 N–H and O–H groups in total. The Bertz CT molecular complexity index is 1630. The summed E-state index contributed by atoms with van der Waals surface area (Å²) < 4.78 is 67.5. The van der Waals surface area contributed by atoms with Crippen molar-refractivity contribution in [3.8, 4) is 12.1 Å². The van der Waals surface area contributed by atoms with Crippen LogP contribution in [0.5, 0.6) is 0 Å². The van der Waals surface area contributed by atoms with Crippen molar-refractivity contribution in [3.05, 3.63) is 70.3 Å². The van der Waals surface area contributed by atoms with Crippen LogP contribution in [0, 0.1) is 22.7 Å². The lowest BCUT2D eigenvalue weighted by Crippen LogP contribution is -2.48. The molecule has 43 heavy (non-hydrogen) atoms. The van der Waals surface area contributed by atoms with E-state index in [1.807, 2.05) is 6.07 Å². The molecule has 0 unspecified atom stereocenters. The highest BCUT2D eigenvalue weighted by Gasteiger charge is 2.39. The van der Waals surface area contributed by atoms with E-state index >= 15 is 0 Å². The third kappa shape index (κ3) is 6.96. The van der Waals surface area contributed by atoms with Gasteiger partial charge in [0.15, 0.2) is 0 Å². The molecule has 2 aromatic rings. The quantitative estimate of drug-likeness (QED) is 0.283. The molecular formula is C30H30F3N5O4S. The van der Waals surface area contributed by atoms with Gasteiger partial charge < -0.3 is 4.90 Å². The Morgan fingerprint density at radius 1 is 0.884 bits per heavy atom. The van der Waals surface area contributed by atoms with Crippen LogP contribution in [-0.2, 0) is 25.8 Å². The molecular weight excluding hydrogens is 583 g/mol. The third-order valence-electron chi connectivity index (χ3n) is 7.71. The molecule has 0 spiro atoms. The molecule has 4 rings (SSSR count). The van der Waals surface area contributed by atoms with Crippen LogP contribution in [-0.4, -0.2) is 62.2 Å². The molecule has 13 heteroatoms. The SMILES string of the molecule is CC1=C(CCCCCCN2CCN(S(=O)(=O)c3cccc(C#N)c3)CC2)C(=O)N(c2ccc(C#N)c(C(F)(F)F)c2)C1=O. The molecule has 2 aliphatic rings. The fraction of sp³-hybridized carbons (Fsp3) is 0.400. The lowest BCUT2D eigenvalue weighted by Gasteiger charge is -2.34. The van der Waals surface area contributed by atoms with Gasteiger partial charge in [-0.3, -0.25) is 9.59 Å². The number of nitrogens with zero attached hydrogens (tertiary/aromatic N) is 5. The molecule has 0 aliphatic carbocycles. The number of anilines is 1. The number of carbonyl (C=O) groups is 2. The first kappa shape index (κ1) is 31.9. The summed E-state index contributed by atoms with van der Waals surface area (Å²) in [4.78, 5) is 28.8. The zero-order chi connectivity index (χ0) is 31.4. The van der Waals surface area contributed by atoms with Crippen LogP contribution in [0.1, 0.15) is 55.7 Å². The van der Waals surface area contributed by atoms with Crippen molar-refractivity contribution in [2.75, 3.05) is 37.6 Å². The Labute approximate surface area is 248 Å². The van der Waals surface area contributed by atoms with E-state index < -0.39 is 39.1 Å². The van der Waals surface area contributed by atoms with Gasteiger partial charge >= 0.3 is 6.18 Å². The summed E-state index contributed by atoms with van der Waals surface area (Å²) in [6, 6.07) is 12.2. The van der Waals surface area contributed by atoms with E-state index in [0.717, 1.165) is 36.8 Å². The number of halogens is 3. The maximum Gasteiger partial charge on any atom is 0.417 e. The van der Waals surface area contributed by atoms with E-state index in [1.54, 1.807) is 12.1 Å². The second kappa shape index (κ2) is 13.1. The van der Waals surface area contributed by atoms with Crippen LogP contribution in [0.25, 0.3) is 0 Å². The van der Waals surface area contributed by atoms with Crippen molar-refractivity contribution in [2.45, 2.75) is 50.1 Å². The van der Waals surface area contributed by atoms with Gasteiger partial charge in [0.25, 0.3) is 11.8 Å². The Balaban J connectivity index is 1.22. The monoisotopic (exact) mass is 613 g/mol. The second-order valence-corrected chi connectivity index (χ2v) is 12.4. The molecule has 0 aromatic heterocycles. The topological polar surface area (TPSA) is 126 Å². The van der Waals surface area contributed by atoms with Gasteiger partial charge in [0.2, 0.25) is 10.0 Å². The van der Waals surface area contributed by atoms with Gasteiger partial charge in [0.05, 0.1) is 39.4 Å². The van der Waals surface area contributed by atoms with Crippen molar-refractivity contribution < 1.29 is 31.2 Å². The minimum Gasteiger partial charge on any atom is -0.301 e. The van der Waals surface area contributed by atoms with Crippen molar-refractivity contribution >= 4 is 27.5 Å². The average molecular weight is 614 g/mol. The molecule has 2 amide bonds. The smallest absolute Gasteiger partial charge is 0.301 e. The summed E-state index contributed by atoms with van der Waals surface area (Å²) >= 11 is 0. The normalized spacial score (nSPS) is 16.9. The van der Waals surface area contributed by atoms with Crippen LogP contribution >= 0.6 is 0 Å². The fourth-order valence-electron chi connectivity index (χ4n) is 5.28. The molecule has 2 heterocycles. The molecule has 226 valence electrons. The molecule has 2 aliphatic heterocycles. The van der Waals surface area contributed by atoms with E-state index in [4.69, 9.17) is 10.5 Å². The second-order valence-electron chi connectivity index (χ2n) is 10.4. The number of benzene rings is 2. The fourth-order valence-corrected chi connectivity index (χ4v) is 6.74. The first-order chi connectivity index (χ1) is 20.4. The number of imide groups is 1. The number of hydrogen-bond donors (Lipinski definition) is 0. The number of amides is 2. The molecule has 0 saturated carbocycles. The van der Waals surface area contributed by atoms with Gasteiger partial charge in [-0.1, -0.05) is 18.9 Å². The van der Waals surface area contributed by atoms with Gasteiger partial charge in [-0.25, -0.2) is 13.3 Å². The predicted molar refractivity (Wildman–Crippen MR) is 151 cm³/mol. The highest BCUT2D eigenvalue weighted by molar-refractivity contribution is 7.89. The third-order valence-corrected chi connectivity index (χ3v) is 9.60. The molecule has 2 aromatic carbocycles. The first-order valence-corrected chi connectivity index (χ1v) is 15.2. The van der Waals surface area contributed by atoms with Crippen molar-refractivity contribution in [1.29, 1.82) is 10.5 Å². The largest absolute Gasteiger partial charge is 0.417 e. The van der Waals surface area contributed by atoms with Gasteiger partial charge in [-0.15, -0.1) is 0 Å². The highest BCUT2D eigenvalue weighted by atomic mass is 32.2. The average Bonchev–Trinajstić information content (AvgIpc) is 3.20. The first-order valence-electron chi connectivity index (χ1n) is 13.8. The molecule has 0 radical (unpaired) electrons. The van der Waals surface area contributed by atoms with Crippen LogP contribution in [0.2, 0.25) is 0 Å². The van der Waals surface area contributed by atoms with Gasteiger partial charge in [-0.2, -0.15) is 28.0 Å². The number of piperazine rings is 1. The zero-order valence-electron chi connectivity index (χ0n) is 23.5. The number of sulfonamides is 1. The molecule has 1 saturated heterocycles. The van der Waals surface area contributed by atoms with Crippen molar-refractivity contribution in [3.63, 3.8) is 0 Å². The predicted octanol–water partition coefficient (Wildman–Crippen LogP) is 4.60. The van der Waals surface area contributed by atoms with Crippen LogP contribution in [0.3, 0.4) is 0 Å². The number of carbonyl (C=O) groups excluding carboxylic acids is 2. The summed E-state index contributed by atoms with van der Waals surface area (Å²) in [7, 11) is -3.67. The maximum absolute atomic E-state index is 13.4. The van der Waals surface area contributed by atoms with E-state index in [9.17, 15) is 31.2 Å². The summed E-state index contributed by atoms with van der Waals surface area (Å²) in [6.45, 7) is 4.14. The standard InChI is InChI=1S/C30H30F3N5O4S/c1-21-26(29(40)38(28(21)39)24-11-10-23(20-35)27(18-24)30(31,32)33)9-4-2-3-5-12-36-13-15-37(16-14-36)43(41,42)25-8-6-7-22(17-25)19-34/h6-8,10-11,17-18H,2-5,9,12-16H2,1H3. The summed E-state index contributed by atoms with van der Waals surface area (Å²) in [6.07, 6.45) is -1.39. The van der Waals surface area contributed by atoms with Crippen molar-refractivity contribution in [1.82, 2.24) is 9.21 Å². The van der Waals surface area contributed by atoms with E-state index in [0.29, 0.717) is 50.7 Å². The Kier molecular flexibility index (Phi) is 9.70. The summed E-state index contributed by atoms with van der Waals surface area (Å²) in [5.41, 5.74) is -1.24. The van der Waals surface area contributed by atoms with E-state index in [1.165, 1.54) is 35.5 Å². The number of nitriles is 2.